The molecule has 0 saturated carbocycles. The number of anilines is 4. The molecule has 5 nitrogen and oxygen atoms in total. The predicted molar refractivity (Wildman–Crippen MR) is 291 cm³/mol. The van der Waals surface area contributed by atoms with Crippen LogP contribution in [0, 0.1) is 26.2 Å². The average molecular weight is 1100 g/mol. The molecule has 7 aromatic carbocycles. The molecule has 0 fully saturated rings. The fourth-order valence-corrected chi connectivity index (χ4v) is 9.39. The summed E-state index contributed by atoms with van der Waals surface area (Å²) in [7, 11) is 0. The number of pyridine rings is 1. The van der Waals surface area contributed by atoms with Gasteiger partial charge in [0, 0.05) is 45.7 Å². The topological polar surface area (TPSA) is 33.5 Å². The van der Waals surface area contributed by atoms with Crippen LogP contribution < -0.4 is 14.5 Å². The van der Waals surface area contributed by atoms with E-state index >= 15 is 0 Å². The first-order chi connectivity index (χ1) is 32.3. The normalized spacial score (nSPS) is 13.0. The number of aromatic nitrogens is 2. The van der Waals surface area contributed by atoms with Crippen molar-refractivity contribution < 1.29 is 25.8 Å². The van der Waals surface area contributed by atoms with E-state index in [1.165, 1.54) is 33.4 Å². The molecule has 0 aliphatic carbocycles. The van der Waals surface area contributed by atoms with Crippen molar-refractivity contribution in [2.45, 2.75) is 97.8 Å². The molecule has 0 amide bonds. The van der Waals surface area contributed by atoms with Crippen molar-refractivity contribution in [2.24, 2.45) is 0 Å². The van der Waals surface area contributed by atoms with E-state index in [4.69, 9.17) is 9.72 Å². The molecule has 0 atom stereocenters. The quantitative estimate of drug-likeness (QED) is 0.142. The second-order valence-corrected chi connectivity index (χ2v) is 22.0. The van der Waals surface area contributed by atoms with Crippen LogP contribution in [0.25, 0.3) is 38.8 Å². The van der Waals surface area contributed by atoms with Crippen LogP contribution in [0.5, 0.6) is 11.5 Å². The second kappa shape index (κ2) is 18.7. The monoisotopic (exact) mass is 1100 g/mol. The van der Waals surface area contributed by atoms with Crippen LogP contribution in [0.2, 0.25) is 0 Å². The van der Waals surface area contributed by atoms with E-state index in [0.717, 1.165) is 55.9 Å². The molecule has 356 valence electrons. The molecule has 0 unspecified atom stereocenters. The second-order valence-electron chi connectivity index (χ2n) is 22.0. The van der Waals surface area contributed by atoms with Crippen molar-refractivity contribution in [3.05, 3.63) is 218 Å². The van der Waals surface area contributed by atoms with E-state index in [9.17, 15) is 0 Å². The minimum atomic E-state index is -0.244. The summed E-state index contributed by atoms with van der Waals surface area (Å²) in [5.74, 6) is 2.08. The SMILES string of the molecule is CC(C)(C)c1cc(Oc2[c-]c3c(cc2)c2ccccc2n3-c2cc(C(C)(C)C)ccn2)[c-]c(N2[CH-]N(c3cc(-c4ccccc4)cc(C(C)(C)C)c3)c3cc(C(C)(C)c4ccccc4)ccc32)c1.[CH3-].[Pt+4]. The molecule has 2 aromatic heterocycles. The molecular weight excluding hydrogens is 1040 g/mol. The molecule has 0 radical (unpaired) electrons. The van der Waals surface area contributed by atoms with Crippen LogP contribution in [-0.2, 0) is 42.7 Å². The average Bonchev–Trinajstić information content (AvgIpc) is 3.87. The third-order valence-corrected chi connectivity index (χ3v) is 13.7. The van der Waals surface area contributed by atoms with Gasteiger partial charge >= 0.3 is 21.1 Å². The van der Waals surface area contributed by atoms with Gasteiger partial charge in [-0.3, -0.25) is 0 Å². The number of hydrogen-bond acceptors (Lipinski definition) is 4. The van der Waals surface area contributed by atoms with Crippen molar-refractivity contribution in [1.82, 2.24) is 9.55 Å². The van der Waals surface area contributed by atoms with Crippen molar-refractivity contribution >= 4 is 44.6 Å². The first kappa shape index (κ1) is 50.0. The third-order valence-electron chi connectivity index (χ3n) is 13.7. The van der Waals surface area contributed by atoms with Gasteiger partial charge in [0.2, 0.25) is 0 Å². The first-order valence-corrected chi connectivity index (χ1v) is 23.9. The van der Waals surface area contributed by atoms with E-state index < -0.39 is 0 Å². The van der Waals surface area contributed by atoms with Gasteiger partial charge in [-0.05, 0) is 97.5 Å². The maximum absolute atomic E-state index is 6.92. The van der Waals surface area contributed by atoms with Crippen LogP contribution in [-0.4, -0.2) is 9.55 Å². The van der Waals surface area contributed by atoms with Crippen LogP contribution in [0.3, 0.4) is 0 Å². The molecule has 6 heteroatoms. The molecule has 0 spiro atoms. The summed E-state index contributed by atoms with van der Waals surface area (Å²) in [6, 6.07) is 64.3. The first-order valence-electron chi connectivity index (χ1n) is 23.9. The summed E-state index contributed by atoms with van der Waals surface area (Å²) in [4.78, 5) is 9.55. The Morgan fingerprint density at radius 1 is 0.486 bits per heavy atom. The van der Waals surface area contributed by atoms with E-state index in [1.807, 2.05) is 12.3 Å². The third kappa shape index (κ3) is 9.46. The molecule has 70 heavy (non-hydrogen) atoms. The van der Waals surface area contributed by atoms with Gasteiger partial charge in [0.15, 0.2) is 0 Å². The summed E-state index contributed by atoms with van der Waals surface area (Å²) >= 11 is 0. The van der Waals surface area contributed by atoms with Gasteiger partial charge in [-0.15, -0.1) is 53.6 Å². The molecule has 10 rings (SSSR count). The molecule has 1 aliphatic rings. The van der Waals surface area contributed by atoms with Crippen LogP contribution >= 0.6 is 0 Å². The fraction of sp³-hybridized carbons (Fsp3) is 0.234. The number of hydrogen-bond donors (Lipinski definition) is 0. The van der Waals surface area contributed by atoms with Crippen LogP contribution in [0.4, 0.5) is 22.7 Å². The number of para-hydroxylation sites is 1. The zero-order chi connectivity index (χ0) is 47.8. The minimum absolute atomic E-state index is 0. The zero-order valence-corrected chi connectivity index (χ0v) is 45.0. The zero-order valence-electron chi connectivity index (χ0n) is 42.7. The number of nitrogens with zero attached hydrogens (tertiary/aromatic N) is 4. The summed E-state index contributed by atoms with van der Waals surface area (Å²) in [6.45, 7) is 27.2. The van der Waals surface area contributed by atoms with Gasteiger partial charge in [0.1, 0.15) is 5.82 Å². The van der Waals surface area contributed by atoms with E-state index in [2.05, 4.69) is 261 Å². The summed E-state index contributed by atoms with van der Waals surface area (Å²) < 4.78 is 9.13. The van der Waals surface area contributed by atoms with Crippen LogP contribution in [0.1, 0.15) is 104 Å². The molecule has 9 aromatic rings. The Hall–Kier alpha value is -6.42. The number of ether oxygens (including phenoxy) is 1. The molecule has 0 saturated heterocycles. The van der Waals surface area contributed by atoms with Crippen molar-refractivity contribution in [1.29, 1.82) is 0 Å². The molecule has 3 heterocycles. The van der Waals surface area contributed by atoms with Crippen molar-refractivity contribution in [3.63, 3.8) is 0 Å². The Morgan fingerprint density at radius 3 is 1.84 bits per heavy atom. The predicted octanol–water partition coefficient (Wildman–Crippen LogP) is 17.3. The molecular formula is C64H64N4OPt. The van der Waals surface area contributed by atoms with Gasteiger partial charge < -0.3 is 26.5 Å². The van der Waals surface area contributed by atoms with Crippen LogP contribution in [0.15, 0.2) is 164 Å². The molecule has 0 N–H and O–H groups in total. The molecule has 0 bridgehead atoms. The molecule has 1 aliphatic heterocycles. The number of fused-ring (bicyclic) bond motifs is 4. The van der Waals surface area contributed by atoms with Gasteiger partial charge in [0.25, 0.3) is 0 Å². The van der Waals surface area contributed by atoms with E-state index in [0.29, 0.717) is 11.5 Å². The minimum Gasteiger partial charge on any atom is -0.509 e. The Bertz CT molecular complexity index is 3330. The van der Waals surface area contributed by atoms with Gasteiger partial charge in [-0.1, -0.05) is 173 Å². The van der Waals surface area contributed by atoms with E-state index in [1.54, 1.807) is 0 Å². The Labute approximate surface area is 431 Å². The smallest absolute Gasteiger partial charge is 0.509 e. The van der Waals surface area contributed by atoms with Crippen molar-refractivity contribution in [3.8, 4) is 28.4 Å². The fourth-order valence-electron chi connectivity index (χ4n) is 9.39. The standard InChI is InChI=1S/C63H61N4O.CH3.Pt/c1-60(2,3)45-30-31-64-59(38-45)67-55-25-19-18-24-53(55)54-28-27-51(40-57(54)67)68-52-36-48(62(7,8)9)35-50(39-52)65-41-66(49-33-43(42-20-14-12-15-21-42)32-47(34-49)61(4,5)6)58-37-46(26-29-56(58)65)63(10,11)44-22-16-13-17-23-44;;/h12-38,41H,1-11H3;1H3;/q-3;-1;+4. The Kier molecular flexibility index (Phi) is 13.4. The largest absolute Gasteiger partial charge is 4.00 e. The Balaban J connectivity index is 0.00000329. The number of benzene rings is 7. The van der Waals surface area contributed by atoms with Gasteiger partial charge in [-0.25, -0.2) is 4.98 Å². The summed E-state index contributed by atoms with van der Waals surface area (Å²) in [6.07, 6.45) is 1.91. The van der Waals surface area contributed by atoms with Crippen molar-refractivity contribution in [2.75, 3.05) is 9.80 Å². The summed E-state index contributed by atoms with van der Waals surface area (Å²) in [5, 5.41) is 2.23. The van der Waals surface area contributed by atoms with E-state index in [-0.39, 0.29) is 50.2 Å². The summed E-state index contributed by atoms with van der Waals surface area (Å²) in [5.41, 5.74) is 14.1. The maximum atomic E-state index is 6.92. The Morgan fingerprint density at radius 2 is 1.14 bits per heavy atom. The van der Waals surface area contributed by atoms with Gasteiger partial charge in [0.05, 0.1) is 0 Å². The number of rotatable bonds is 8. The maximum Gasteiger partial charge on any atom is 4.00 e. The van der Waals surface area contributed by atoms with Gasteiger partial charge in [-0.2, -0.15) is 6.07 Å².